The molecule has 2 aliphatic rings. The molecule has 1 aliphatic heterocycles. The molecule has 13 heavy (non-hydrogen) atoms. The van der Waals surface area contributed by atoms with Crippen molar-refractivity contribution in [2.24, 2.45) is 17.1 Å². The van der Waals surface area contributed by atoms with Gasteiger partial charge in [-0.2, -0.15) is 0 Å². The maximum absolute atomic E-state index is 11.3. The molecule has 2 rings (SSSR count). The van der Waals surface area contributed by atoms with Crippen LogP contribution in [0.25, 0.3) is 0 Å². The Bertz CT molecular complexity index is 304. The fourth-order valence-corrected chi connectivity index (χ4v) is 4.55. The van der Waals surface area contributed by atoms with Crippen molar-refractivity contribution in [2.45, 2.75) is 32.2 Å². The standard InChI is InChI=1S/C9H17NO2S/c1-7(10)9(3-4-9)8-2-5-13(11,12)6-8/h7-8H,2-6,10H2,1H3. The maximum atomic E-state index is 11.3. The summed E-state index contributed by atoms with van der Waals surface area (Å²) in [4.78, 5) is 0. The molecule has 1 heterocycles. The van der Waals surface area contributed by atoms with Crippen molar-refractivity contribution in [3.8, 4) is 0 Å². The molecule has 2 N–H and O–H groups in total. The molecule has 0 aromatic rings. The van der Waals surface area contributed by atoms with Crippen LogP contribution in [0.1, 0.15) is 26.2 Å². The molecular formula is C9H17NO2S. The van der Waals surface area contributed by atoms with E-state index in [-0.39, 0.29) is 11.5 Å². The van der Waals surface area contributed by atoms with Crippen molar-refractivity contribution in [1.29, 1.82) is 0 Å². The first-order chi connectivity index (χ1) is 5.96. The summed E-state index contributed by atoms with van der Waals surface area (Å²) in [6.45, 7) is 2.01. The van der Waals surface area contributed by atoms with Gasteiger partial charge in [-0.3, -0.25) is 0 Å². The molecule has 1 aliphatic carbocycles. The van der Waals surface area contributed by atoms with Crippen LogP contribution in [0.5, 0.6) is 0 Å². The zero-order valence-corrected chi connectivity index (χ0v) is 8.81. The first-order valence-electron chi connectivity index (χ1n) is 4.92. The second-order valence-electron chi connectivity index (χ2n) is 4.62. The highest BCUT2D eigenvalue weighted by Gasteiger charge is 2.54. The molecule has 2 fully saturated rings. The summed E-state index contributed by atoms with van der Waals surface area (Å²) < 4.78 is 22.6. The minimum absolute atomic E-state index is 0.158. The largest absolute Gasteiger partial charge is 0.327 e. The summed E-state index contributed by atoms with van der Waals surface area (Å²) in [5.41, 5.74) is 6.09. The molecule has 0 radical (unpaired) electrons. The summed E-state index contributed by atoms with van der Waals surface area (Å²) >= 11 is 0. The van der Waals surface area contributed by atoms with Gasteiger partial charge >= 0.3 is 0 Å². The molecular weight excluding hydrogens is 186 g/mol. The number of rotatable bonds is 2. The number of hydrogen-bond donors (Lipinski definition) is 1. The van der Waals surface area contributed by atoms with Crippen molar-refractivity contribution in [1.82, 2.24) is 0 Å². The Morgan fingerprint density at radius 2 is 2.08 bits per heavy atom. The third-order valence-electron chi connectivity index (χ3n) is 3.78. The topological polar surface area (TPSA) is 60.2 Å². The Hall–Kier alpha value is -0.0900. The van der Waals surface area contributed by atoms with Gasteiger partial charge in [0.25, 0.3) is 0 Å². The molecule has 2 unspecified atom stereocenters. The van der Waals surface area contributed by atoms with Crippen molar-refractivity contribution in [2.75, 3.05) is 11.5 Å². The van der Waals surface area contributed by atoms with Crippen LogP contribution in [-0.2, 0) is 9.84 Å². The smallest absolute Gasteiger partial charge is 0.150 e. The highest BCUT2D eigenvalue weighted by molar-refractivity contribution is 7.91. The van der Waals surface area contributed by atoms with E-state index in [1.165, 1.54) is 0 Å². The molecule has 76 valence electrons. The van der Waals surface area contributed by atoms with Crippen molar-refractivity contribution in [3.05, 3.63) is 0 Å². The summed E-state index contributed by atoms with van der Waals surface area (Å²) in [7, 11) is -2.73. The molecule has 0 aromatic carbocycles. The highest BCUT2D eigenvalue weighted by atomic mass is 32.2. The molecule has 0 bridgehead atoms. The van der Waals surface area contributed by atoms with Crippen molar-refractivity contribution in [3.63, 3.8) is 0 Å². The van der Waals surface area contributed by atoms with Gasteiger partial charge in [0.2, 0.25) is 0 Å². The van der Waals surface area contributed by atoms with Crippen molar-refractivity contribution < 1.29 is 8.42 Å². The van der Waals surface area contributed by atoms with E-state index in [1.54, 1.807) is 0 Å². The minimum Gasteiger partial charge on any atom is -0.327 e. The van der Waals surface area contributed by atoms with Crippen LogP contribution in [0.2, 0.25) is 0 Å². The van der Waals surface area contributed by atoms with E-state index in [0.717, 1.165) is 19.3 Å². The van der Waals surface area contributed by atoms with E-state index < -0.39 is 9.84 Å². The van der Waals surface area contributed by atoms with Crippen LogP contribution < -0.4 is 5.73 Å². The first kappa shape index (κ1) is 9.46. The lowest BCUT2D eigenvalue weighted by molar-refractivity contribution is 0.290. The summed E-state index contributed by atoms with van der Waals surface area (Å²) in [5, 5.41) is 0. The van der Waals surface area contributed by atoms with Crippen molar-refractivity contribution >= 4 is 9.84 Å². The summed E-state index contributed by atoms with van der Waals surface area (Å²) in [6.07, 6.45) is 3.10. The van der Waals surface area contributed by atoms with E-state index in [1.807, 2.05) is 6.92 Å². The molecule has 1 saturated carbocycles. The molecule has 0 spiro atoms. The van der Waals surface area contributed by atoms with Gasteiger partial charge in [-0.1, -0.05) is 0 Å². The molecule has 0 amide bonds. The quantitative estimate of drug-likeness (QED) is 0.713. The van der Waals surface area contributed by atoms with E-state index in [2.05, 4.69) is 0 Å². The van der Waals surface area contributed by atoms with Gasteiger partial charge in [0.1, 0.15) is 0 Å². The number of hydrogen-bond acceptors (Lipinski definition) is 3. The Morgan fingerprint density at radius 3 is 2.38 bits per heavy atom. The van der Waals surface area contributed by atoms with Gasteiger partial charge in [-0.15, -0.1) is 0 Å². The van der Waals surface area contributed by atoms with Gasteiger partial charge in [0.15, 0.2) is 9.84 Å². The Balaban J connectivity index is 2.12. The van der Waals surface area contributed by atoms with Gasteiger partial charge in [-0.05, 0) is 37.5 Å². The summed E-state index contributed by atoms with van der Waals surface area (Å²) in [6, 6.07) is 0.158. The fourth-order valence-electron chi connectivity index (χ4n) is 2.63. The Kier molecular flexibility index (Phi) is 1.97. The lowest BCUT2D eigenvalue weighted by Gasteiger charge is -2.25. The molecule has 1 saturated heterocycles. The lowest BCUT2D eigenvalue weighted by Crippen LogP contribution is -2.35. The van der Waals surface area contributed by atoms with E-state index in [0.29, 0.717) is 17.4 Å². The van der Waals surface area contributed by atoms with E-state index >= 15 is 0 Å². The van der Waals surface area contributed by atoms with Gasteiger partial charge < -0.3 is 5.73 Å². The molecule has 4 heteroatoms. The fraction of sp³-hybridized carbons (Fsp3) is 1.00. The third kappa shape index (κ3) is 1.50. The van der Waals surface area contributed by atoms with Crippen LogP contribution >= 0.6 is 0 Å². The number of sulfone groups is 1. The third-order valence-corrected chi connectivity index (χ3v) is 5.55. The molecule has 0 aromatic heterocycles. The number of nitrogens with two attached hydrogens (primary N) is 1. The molecule has 2 atom stereocenters. The lowest BCUT2D eigenvalue weighted by atomic mass is 9.83. The van der Waals surface area contributed by atoms with Crippen LogP contribution in [0.4, 0.5) is 0 Å². The predicted molar refractivity (Wildman–Crippen MR) is 52.1 cm³/mol. The average molecular weight is 203 g/mol. The minimum atomic E-state index is -2.73. The second kappa shape index (κ2) is 2.70. The maximum Gasteiger partial charge on any atom is 0.150 e. The normalized spacial score (nSPS) is 37.2. The zero-order valence-electron chi connectivity index (χ0n) is 7.99. The van der Waals surface area contributed by atoms with E-state index in [9.17, 15) is 8.42 Å². The Labute approximate surface area is 79.6 Å². The van der Waals surface area contributed by atoms with Gasteiger partial charge in [0, 0.05) is 6.04 Å². The Morgan fingerprint density at radius 1 is 1.46 bits per heavy atom. The average Bonchev–Trinajstić information content (AvgIpc) is 2.73. The van der Waals surface area contributed by atoms with Crippen LogP contribution in [0, 0.1) is 11.3 Å². The van der Waals surface area contributed by atoms with Crippen LogP contribution in [0.3, 0.4) is 0 Å². The highest BCUT2D eigenvalue weighted by Crippen LogP contribution is 2.56. The molecule has 3 nitrogen and oxygen atoms in total. The van der Waals surface area contributed by atoms with Crippen LogP contribution in [0.15, 0.2) is 0 Å². The summed E-state index contributed by atoms with van der Waals surface area (Å²) in [5.74, 6) is 1.11. The first-order valence-corrected chi connectivity index (χ1v) is 6.74. The van der Waals surface area contributed by atoms with E-state index in [4.69, 9.17) is 5.73 Å². The second-order valence-corrected chi connectivity index (χ2v) is 6.85. The predicted octanol–water partition coefficient (Wildman–Crippen LogP) is 0.548. The zero-order chi connectivity index (χ0) is 9.69. The van der Waals surface area contributed by atoms with Gasteiger partial charge in [0.05, 0.1) is 11.5 Å². The van der Waals surface area contributed by atoms with Gasteiger partial charge in [-0.25, -0.2) is 8.42 Å². The monoisotopic (exact) mass is 203 g/mol. The van der Waals surface area contributed by atoms with Crippen LogP contribution in [-0.4, -0.2) is 26.0 Å². The SMILES string of the molecule is CC(N)C1(C2CCS(=O)(=O)C2)CC1.